The zero-order valence-electron chi connectivity index (χ0n) is 33.1. The van der Waals surface area contributed by atoms with Crippen molar-refractivity contribution in [1.82, 2.24) is 5.32 Å². The number of carbonyl (C=O) groups is 1. The number of allylic oxidation sites excluding steroid dienone is 5. The zero-order chi connectivity index (χ0) is 38.1. The molecule has 1 rings (SSSR count). The van der Waals surface area contributed by atoms with E-state index < -0.39 is 49.5 Å². The first-order valence-electron chi connectivity index (χ1n) is 21.2. The van der Waals surface area contributed by atoms with Crippen LogP contribution in [0.2, 0.25) is 0 Å². The summed E-state index contributed by atoms with van der Waals surface area (Å²) in [7, 11) is 0. The third-order valence-corrected chi connectivity index (χ3v) is 9.98. The number of unbranched alkanes of at least 4 members (excludes halogenated alkanes) is 22. The summed E-state index contributed by atoms with van der Waals surface area (Å²) < 4.78 is 10.9. The lowest BCUT2D eigenvalue weighted by molar-refractivity contribution is -0.302. The highest BCUT2D eigenvalue weighted by molar-refractivity contribution is 5.73. The van der Waals surface area contributed by atoms with Gasteiger partial charge in [0, 0.05) is 6.92 Å². The Kier molecular flexibility index (Phi) is 31.6. The molecule has 1 aliphatic heterocycles. The Balaban J connectivity index is 1.99. The van der Waals surface area contributed by atoms with E-state index in [1.165, 1.54) is 142 Å². The van der Waals surface area contributed by atoms with Gasteiger partial charge >= 0.3 is 0 Å². The Morgan fingerprint density at radius 1 is 0.635 bits per heavy atom. The van der Waals surface area contributed by atoms with Crippen LogP contribution in [0, 0.1) is 0 Å². The van der Waals surface area contributed by atoms with Crippen molar-refractivity contribution in [3.8, 4) is 0 Å². The van der Waals surface area contributed by atoms with Crippen LogP contribution in [-0.2, 0) is 14.3 Å². The Bertz CT molecular complexity index is 910. The third kappa shape index (κ3) is 25.4. The van der Waals surface area contributed by atoms with Crippen molar-refractivity contribution in [2.45, 2.75) is 217 Å². The zero-order valence-corrected chi connectivity index (χ0v) is 33.1. The minimum Gasteiger partial charge on any atom is -0.394 e. The minimum atomic E-state index is -1.57. The number of carbonyl (C=O) groups excluding carboxylic acids is 1. The van der Waals surface area contributed by atoms with Gasteiger partial charge in [-0.25, -0.2) is 0 Å². The van der Waals surface area contributed by atoms with Gasteiger partial charge in [0.25, 0.3) is 0 Å². The summed E-state index contributed by atoms with van der Waals surface area (Å²) in [6.07, 6.45) is 37.3. The molecule has 0 aromatic carbocycles. The predicted molar refractivity (Wildman–Crippen MR) is 212 cm³/mol. The highest BCUT2D eigenvalue weighted by Crippen LogP contribution is 2.22. The number of hydrogen-bond acceptors (Lipinski definition) is 8. The van der Waals surface area contributed by atoms with Gasteiger partial charge in [-0.05, 0) is 38.5 Å². The number of ether oxygens (including phenoxy) is 2. The van der Waals surface area contributed by atoms with Crippen molar-refractivity contribution in [2.24, 2.45) is 0 Å². The number of hydrogen-bond donors (Lipinski definition) is 6. The van der Waals surface area contributed by atoms with Crippen LogP contribution >= 0.6 is 0 Å². The molecule has 1 heterocycles. The van der Waals surface area contributed by atoms with Crippen molar-refractivity contribution in [3.63, 3.8) is 0 Å². The van der Waals surface area contributed by atoms with Crippen LogP contribution in [-0.4, -0.2) is 87.5 Å². The lowest BCUT2D eigenvalue weighted by Crippen LogP contribution is -2.60. The van der Waals surface area contributed by atoms with E-state index in [1.807, 2.05) is 6.08 Å². The van der Waals surface area contributed by atoms with Gasteiger partial charge in [0.1, 0.15) is 24.4 Å². The van der Waals surface area contributed by atoms with Crippen LogP contribution in [0.5, 0.6) is 0 Å². The second-order valence-corrected chi connectivity index (χ2v) is 14.9. The molecular weight excluding hydrogens is 658 g/mol. The monoisotopic (exact) mass is 738 g/mol. The van der Waals surface area contributed by atoms with Gasteiger partial charge in [0.15, 0.2) is 6.29 Å². The largest absolute Gasteiger partial charge is 0.394 e. The van der Waals surface area contributed by atoms with E-state index in [2.05, 4.69) is 36.5 Å². The first-order chi connectivity index (χ1) is 25.3. The third-order valence-electron chi connectivity index (χ3n) is 9.98. The Labute approximate surface area is 317 Å². The van der Waals surface area contributed by atoms with E-state index >= 15 is 0 Å². The lowest BCUT2D eigenvalue weighted by atomic mass is 9.99. The van der Waals surface area contributed by atoms with Crippen molar-refractivity contribution in [3.05, 3.63) is 36.5 Å². The van der Waals surface area contributed by atoms with Crippen molar-refractivity contribution in [2.75, 3.05) is 13.2 Å². The SMILES string of the molecule is CCCCCCCCCCCCCCCCCCCCCC/C=C/CC/C=C/CC/C=C/C(O)C(COC1OC(CO)C(O)C(O)C1O)NC(C)=O. The van der Waals surface area contributed by atoms with Gasteiger partial charge in [-0.2, -0.15) is 0 Å². The molecule has 7 unspecified atom stereocenters. The second-order valence-electron chi connectivity index (χ2n) is 14.9. The maximum Gasteiger partial charge on any atom is 0.217 e. The molecule has 1 amide bonds. The van der Waals surface area contributed by atoms with Crippen LogP contribution in [0.15, 0.2) is 36.5 Å². The van der Waals surface area contributed by atoms with Gasteiger partial charge in [-0.1, -0.05) is 165 Å². The van der Waals surface area contributed by atoms with E-state index in [-0.39, 0.29) is 12.5 Å². The van der Waals surface area contributed by atoms with Crippen LogP contribution in [0.1, 0.15) is 174 Å². The predicted octanol–water partition coefficient (Wildman–Crippen LogP) is 8.11. The van der Waals surface area contributed by atoms with E-state index in [9.17, 15) is 30.3 Å². The molecule has 9 nitrogen and oxygen atoms in total. The van der Waals surface area contributed by atoms with Gasteiger partial charge in [0.2, 0.25) is 5.91 Å². The Hall–Kier alpha value is -1.59. The van der Waals surface area contributed by atoms with Crippen LogP contribution < -0.4 is 5.32 Å². The normalized spacial score (nSPS) is 22.2. The second kappa shape index (κ2) is 33.9. The topological polar surface area (TPSA) is 149 Å². The van der Waals surface area contributed by atoms with E-state index in [4.69, 9.17) is 9.47 Å². The summed E-state index contributed by atoms with van der Waals surface area (Å²) in [6, 6.07) is -0.827. The first kappa shape index (κ1) is 48.4. The van der Waals surface area contributed by atoms with Crippen LogP contribution in [0.3, 0.4) is 0 Å². The van der Waals surface area contributed by atoms with Gasteiger partial charge in [-0.15, -0.1) is 0 Å². The fraction of sp³-hybridized carbons (Fsp3) is 0.837. The molecule has 0 bridgehead atoms. The number of aliphatic hydroxyl groups is 5. The molecule has 9 heteroatoms. The average Bonchev–Trinajstić information content (AvgIpc) is 3.13. The minimum absolute atomic E-state index is 0.221. The molecule has 6 N–H and O–H groups in total. The molecule has 0 aromatic rings. The first-order valence-corrected chi connectivity index (χ1v) is 21.2. The highest BCUT2D eigenvalue weighted by Gasteiger charge is 2.44. The molecule has 7 atom stereocenters. The molecule has 0 aromatic heterocycles. The molecule has 0 aliphatic carbocycles. The molecule has 1 saturated heterocycles. The molecule has 0 saturated carbocycles. The standard InChI is InChI=1S/C43H79NO8/c1-3-4-5-6-7-8-9-10-11-12-13-14-15-16-17-18-19-20-21-22-23-24-25-26-27-28-29-30-31-32-33-38(47)37(44-36(2)46)35-51-43-42(50)41(49)40(48)39(34-45)52-43/h24-25,28-29,32-33,37-43,45,47-50H,3-23,26-27,30-31,34-35H2,1-2H3,(H,44,46)/b25-24+,29-28+,33-32+. The van der Waals surface area contributed by atoms with E-state index in [1.54, 1.807) is 6.08 Å². The fourth-order valence-electron chi connectivity index (χ4n) is 6.63. The fourth-order valence-corrected chi connectivity index (χ4v) is 6.63. The summed E-state index contributed by atoms with van der Waals surface area (Å²) in [6.45, 7) is 2.81. The maximum atomic E-state index is 11.7. The quantitative estimate of drug-likeness (QED) is 0.0287. The van der Waals surface area contributed by atoms with Crippen LogP contribution in [0.4, 0.5) is 0 Å². The lowest BCUT2D eigenvalue weighted by Gasteiger charge is -2.40. The summed E-state index contributed by atoms with van der Waals surface area (Å²) in [5, 5.41) is 52.6. The molecule has 1 fully saturated rings. The average molecular weight is 738 g/mol. The number of amides is 1. The molecule has 304 valence electrons. The smallest absolute Gasteiger partial charge is 0.217 e. The highest BCUT2D eigenvalue weighted by atomic mass is 16.7. The molecular formula is C43H79NO8. The van der Waals surface area contributed by atoms with Crippen molar-refractivity contribution >= 4 is 5.91 Å². The number of rotatable bonds is 34. The molecule has 52 heavy (non-hydrogen) atoms. The maximum absolute atomic E-state index is 11.7. The van der Waals surface area contributed by atoms with Crippen LogP contribution in [0.25, 0.3) is 0 Å². The summed E-state index contributed by atoms with van der Waals surface area (Å²) >= 11 is 0. The molecule has 1 aliphatic rings. The molecule has 0 radical (unpaired) electrons. The van der Waals surface area contributed by atoms with Crippen molar-refractivity contribution in [1.29, 1.82) is 0 Å². The summed E-state index contributed by atoms with van der Waals surface area (Å²) in [5.41, 5.74) is 0. The van der Waals surface area contributed by atoms with E-state index in [0.29, 0.717) is 0 Å². The molecule has 0 spiro atoms. The van der Waals surface area contributed by atoms with Gasteiger partial charge in [-0.3, -0.25) is 4.79 Å². The number of aliphatic hydroxyl groups excluding tert-OH is 5. The Morgan fingerprint density at radius 3 is 1.50 bits per heavy atom. The Morgan fingerprint density at radius 2 is 1.06 bits per heavy atom. The van der Waals surface area contributed by atoms with E-state index in [0.717, 1.165) is 25.7 Å². The summed E-state index contributed by atoms with van der Waals surface area (Å²) in [4.78, 5) is 11.7. The van der Waals surface area contributed by atoms with Gasteiger partial charge in [0.05, 0.1) is 25.4 Å². The number of nitrogens with one attached hydrogen (secondary N) is 1. The van der Waals surface area contributed by atoms with Gasteiger partial charge < -0.3 is 40.3 Å². The van der Waals surface area contributed by atoms with Crippen molar-refractivity contribution < 1.29 is 39.8 Å². The summed E-state index contributed by atoms with van der Waals surface area (Å²) in [5.74, 6) is -0.368.